The van der Waals surface area contributed by atoms with Crippen molar-refractivity contribution in [1.82, 2.24) is 10.2 Å². The van der Waals surface area contributed by atoms with Crippen molar-refractivity contribution in [2.24, 2.45) is 0 Å². The van der Waals surface area contributed by atoms with Gasteiger partial charge in [0, 0.05) is 41.2 Å². The molecule has 18 heavy (non-hydrogen) atoms. The highest BCUT2D eigenvalue weighted by atomic mass is 79.9. The van der Waals surface area contributed by atoms with Crippen molar-refractivity contribution in [2.45, 2.75) is 12.5 Å². The van der Waals surface area contributed by atoms with E-state index in [2.05, 4.69) is 54.2 Å². The quantitative estimate of drug-likeness (QED) is 0.860. The van der Waals surface area contributed by atoms with E-state index in [4.69, 9.17) is 0 Å². The van der Waals surface area contributed by atoms with Crippen LogP contribution >= 0.6 is 31.9 Å². The van der Waals surface area contributed by atoms with E-state index in [1.807, 2.05) is 6.07 Å². The molecule has 1 aliphatic rings. The summed E-state index contributed by atoms with van der Waals surface area (Å²) in [4.78, 5) is 2.37. The number of nitrogens with zero attached hydrogens (tertiary/aromatic N) is 1. The fraction of sp³-hybridized carbons (Fsp3) is 0.538. The van der Waals surface area contributed by atoms with Crippen molar-refractivity contribution in [1.29, 1.82) is 0 Å². The first-order valence-electron chi connectivity index (χ1n) is 6.17. The summed E-state index contributed by atoms with van der Waals surface area (Å²) in [6.07, 6.45) is 0.558. The maximum atomic E-state index is 12.8. The first-order valence-corrected chi connectivity index (χ1v) is 7.76. The Balaban J connectivity index is 2.22. The molecule has 2 rings (SSSR count). The third kappa shape index (κ3) is 3.76. The van der Waals surface area contributed by atoms with E-state index in [-0.39, 0.29) is 12.7 Å². The van der Waals surface area contributed by atoms with Crippen molar-refractivity contribution >= 4 is 31.9 Å². The summed E-state index contributed by atoms with van der Waals surface area (Å²) >= 11 is 7.00. The third-order valence-corrected chi connectivity index (χ3v) is 4.16. The van der Waals surface area contributed by atoms with Crippen LogP contribution in [0, 0.1) is 0 Å². The molecule has 5 heteroatoms. The van der Waals surface area contributed by atoms with Gasteiger partial charge in [0.15, 0.2) is 0 Å². The van der Waals surface area contributed by atoms with E-state index in [0.29, 0.717) is 6.42 Å². The van der Waals surface area contributed by atoms with Gasteiger partial charge in [0.2, 0.25) is 0 Å². The minimum atomic E-state index is -0.279. The first-order chi connectivity index (χ1) is 8.70. The van der Waals surface area contributed by atoms with Crippen LogP contribution < -0.4 is 5.32 Å². The van der Waals surface area contributed by atoms with Gasteiger partial charge in [-0.05, 0) is 30.2 Å². The van der Waals surface area contributed by atoms with Crippen LogP contribution in [0.15, 0.2) is 27.1 Å². The van der Waals surface area contributed by atoms with Crippen LogP contribution in [0.4, 0.5) is 4.39 Å². The second-order valence-corrected chi connectivity index (χ2v) is 6.31. The fourth-order valence-electron chi connectivity index (χ4n) is 2.42. The SMILES string of the molecule is FCC[C@H](c1cc(Br)cc(Br)c1)N1CCNCC1. The molecule has 0 amide bonds. The molecule has 1 atom stereocenters. The maximum absolute atomic E-state index is 12.8. The first kappa shape index (κ1) is 14.4. The number of rotatable bonds is 4. The predicted octanol–water partition coefficient (Wildman–Crippen LogP) is 3.52. The van der Waals surface area contributed by atoms with E-state index < -0.39 is 0 Å². The van der Waals surface area contributed by atoms with Crippen LogP contribution in [-0.4, -0.2) is 37.8 Å². The molecule has 1 saturated heterocycles. The molecular formula is C13H17Br2FN2. The summed E-state index contributed by atoms with van der Waals surface area (Å²) in [7, 11) is 0. The van der Waals surface area contributed by atoms with Crippen LogP contribution in [-0.2, 0) is 0 Å². The highest BCUT2D eigenvalue weighted by Crippen LogP contribution is 2.30. The monoisotopic (exact) mass is 378 g/mol. The molecule has 1 fully saturated rings. The standard InChI is InChI=1S/C13H17Br2FN2/c14-11-7-10(8-12(15)9-11)13(1-2-16)18-5-3-17-4-6-18/h7-9,13,17H,1-6H2/t13-/m1/s1. The Hall–Kier alpha value is 0.0300. The molecule has 0 unspecified atom stereocenters. The van der Waals surface area contributed by atoms with Crippen LogP contribution in [0.3, 0.4) is 0 Å². The molecule has 1 N–H and O–H groups in total. The Bertz CT molecular complexity index is 374. The van der Waals surface area contributed by atoms with E-state index in [1.165, 1.54) is 5.56 Å². The molecule has 1 aromatic carbocycles. The lowest BCUT2D eigenvalue weighted by Gasteiger charge is -2.35. The maximum Gasteiger partial charge on any atom is 0.0912 e. The average molecular weight is 380 g/mol. The molecule has 0 aliphatic carbocycles. The molecule has 0 radical (unpaired) electrons. The van der Waals surface area contributed by atoms with Gasteiger partial charge in [0.05, 0.1) is 6.67 Å². The lowest BCUT2D eigenvalue weighted by atomic mass is 10.0. The van der Waals surface area contributed by atoms with Crippen LogP contribution in [0.25, 0.3) is 0 Å². The summed E-state index contributed by atoms with van der Waals surface area (Å²) in [5.74, 6) is 0. The Morgan fingerprint density at radius 1 is 1.17 bits per heavy atom. The number of nitrogens with one attached hydrogen (secondary N) is 1. The van der Waals surface area contributed by atoms with E-state index in [9.17, 15) is 4.39 Å². The molecule has 100 valence electrons. The number of benzene rings is 1. The number of piperazine rings is 1. The minimum absolute atomic E-state index is 0.172. The number of hydrogen-bond donors (Lipinski definition) is 1. The third-order valence-electron chi connectivity index (χ3n) is 3.24. The molecule has 1 heterocycles. The number of hydrogen-bond acceptors (Lipinski definition) is 2. The topological polar surface area (TPSA) is 15.3 Å². The number of alkyl halides is 1. The predicted molar refractivity (Wildman–Crippen MR) is 79.6 cm³/mol. The Labute approximate surface area is 124 Å². The summed E-state index contributed by atoms with van der Waals surface area (Å²) in [6.45, 7) is 3.65. The van der Waals surface area contributed by atoms with Crippen molar-refractivity contribution in [2.75, 3.05) is 32.9 Å². The minimum Gasteiger partial charge on any atom is -0.314 e. The summed E-state index contributed by atoms with van der Waals surface area (Å²) in [5, 5.41) is 3.33. The number of halogens is 3. The van der Waals surface area contributed by atoms with Crippen LogP contribution in [0.2, 0.25) is 0 Å². The lowest BCUT2D eigenvalue weighted by molar-refractivity contribution is 0.157. The van der Waals surface area contributed by atoms with Crippen molar-refractivity contribution in [3.63, 3.8) is 0 Å². The molecule has 0 aromatic heterocycles. The smallest absolute Gasteiger partial charge is 0.0912 e. The molecule has 1 aromatic rings. The zero-order chi connectivity index (χ0) is 13.0. The fourth-order valence-corrected chi connectivity index (χ4v) is 3.75. The Morgan fingerprint density at radius 2 is 1.78 bits per heavy atom. The van der Waals surface area contributed by atoms with Crippen molar-refractivity contribution in [3.8, 4) is 0 Å². The Kier molecular flexibility index (Phi) is 5.60. The van der Waals surface area contributed by atoms with Gasteiger partial charge in [-0.25, -0.2) is 0 Å². The molecule has 1 aliphatic heterocycles. The highest BCUT2D eigenvalue weighted by Gasteiger charge is 2.22. The van der Waals surface area contributed by atoms with Gasteiger partial charge in [-0.2, -0.15) is 0 Å². The Morgan fingerprint density at radius 3 is 2.33 bits per heavy atom. The van der Waals surface area contributed by atoms with Gasteiger partial charge >= 0.3 is 0 Å². The summed E-state index contributed by atoms with van der Waals surface area (Å²) in [6, 6.07) is 6.36. The molecule has 2 nitrogen and oxygen atoms in total. The van der Waals surface area contributed by atoms with Gasteiger partial charge in [0.1, 0.15) is 0 Å². The highest BCUT2D eigenvalue weighted by molar-refractivity contribution is 9.11. The largest absolute Gasteiger partial charge is 0.314 e. The molecule has 0 bridgehead atoms. The lowest BCUT2D eigenvalue weighted by Crippen LogP contribution is -2.45. The summed E-state index contributed by atoms with van der Waals surface area (Å²) < 4.78 is 14.9. The second-order valence-electron chi connectivity index (χ2n) is 4.48. The summed E-state index contributed by atoms with van der Waals surface area (Å²) in [5.41, 5.74) is 1.18. The zero-order valence-electron chi connectivity index (χ0n) is 10.1. The second kappa shape index (κ2) is 6.98. The zero-order valence-corrected chi connectivity index (χ0v) is 13.3. The molecular weight excluding hydrogens is 363 g/mol. The van der Waals surface area contributed by atoms with E-state index >= 15 is 0 Å². The normalized spacial score (nSPS) is 18.8. The van der Waals surface area contributed by atoms with Crippen LogP contribution in [0.1, 0.15) is 18.0 Å². The van der Waals surface area contributed by atoms with Crippen molar-refractivity contribution in [3.05, 3.63) is 32.7 Å². The van der Waals surface area contributed by atoms with Gasteiger partial charge in [-0.3, -0.25) is 9.29 Å². The van der Waals surface area contributed by atoms with E-state index in [1.54, 1.807) is 0 Å². The van der Waals surface area contributed by atoms with Gasteiger partial charge in [-0.15, -0.1) is 0 Å². The molecule has 0 spiro atoms. The van der Waals surface area contributed by atoms with Gasteiger partial charge in [0.25, 0.3) is 0 Å². The molecule has 0 saturated carbocycles. The van der Waals surface area contributed by atoms with Crippen LogP contribution in [0.5, 0.6) is 0 Å². The van der Waals surface area contributed by atoms with Gasteiger partial charge < -0.3 is 5.32 Å². The average Bonchev–Trinajstić information content (AvgIpc) is 2.36. The van der Waals surface area contributed by atoms with Crippen molar-refractivity contribution < 1.29 is 4.39 Å². The van der Waals surface area contributed by atoms with E-state index in [0.717, 1.165) is 35.1 Å². The van der Waals surface area contributed by atoms with Gasteiger partial charge in [-0.1, -0.05) is 31.9 Å².